The van der Waals surface area contributed by atoms with Gasteiger partial charge in [0.1, 0.15) is 12.6 Å². The number of hydrogen-bond donors (Lipinski definition) is 2. The molecule has 0 saturated heterocycles. The third-order valence-electron chi connectivity index (χ3n) is 1.05. The summed E-state index contributed by atoms with van der Waals surface area (Å²) >= 11 is 0. The minimum atomic E-state index is -0.774. The molecule has 0 spiro atoms. The number of hydrogen-bond acceptors (Lipinski definition) is 4. The predicted molar refractivity (Wildman–Crippen MR) is 38.7 cm³/mol. The van der Waals surface area contributed by atoms with Gasteiger partial charge in [0.25, 0.3) is 0 Å². The first-order chi connectivity index (χ1) is 5.07. The van der Waals surface area contributed by atoms with Crippen molar-refractivity contribution in [2.75, 3.05) is 13.7 Å². The molecular formula is C6H12N2O3. The van der Waals surface area contributed by atoms with Crippen molar-refractivity contribution >= 4 is 11.9 Å². The summed E-state index contributed by atoms with van der Waals surface area (Å²) in [5.41, 5.74) is 5.29. The minimum absolute atomic E-state index is 0.0744. The Morgan fingerprint density at radius 2 is 2.18 bits per heavy atom. The van der Waals surface area contributed by atoms with E-state index in [4.69, 9.17) is 5.73 Å². The Balaban J connectivity index is 3.60. The van der Waals surface area contributed by atoms with Crippen molar-refractivity contribution in [2.45, 2.75) is 13.0 Å². The predicted octanol–water partition coefficient (Wildman–Crippen LogP) is -1.38. The molecule has 64 valence electrons. The molecule has 0 aromatic carbocycles. The first kappa shape index (κ1) is 9.90. The molecule has 0 aliphatic rings. The molecule has 1 atom stereocenters. The quantitative estimate of drug-likeness (QED) is 0.499. The lowest BCUT2D eigenvalue weighted by atomic mass is 10.3. The summed E-state index contributed by atoms with van der Waals surface area (Å²) in [6, 6.07) is -0.774. The molecule has 5 nitrogen and oxygen atoms in total. The smallest absolute Gasteiger partial charge is 0.302 e. The van der Waals surface area contributed by atoms with Crippen molar-refractivity contribution in [3.8, 4) is 0 Å². The van der Waals surface area contributed by atoms with Crippen LogP contribution in [0.5, 0.6) is 0 Å². The van der Waals surface area contributed by atoms with E-state index in [1.54, 1.807) is 0 Å². The maximum Gasteiger partial charge on any atom is 0.302 e. The van der Waals surface area contributed by atoms with Crippen LogP contribution in [0.3, 0.4) is 0 Å². The van der Waals surface area contributed by atoms with Crippen LogP contribution in [0.1, 0.15) is 6.92 Å². The maximum atomic E-state index is 10.7. The molecule has 0 aromatic heterocycles. The summed E-state index contributed by atoms with van der Waals surface area (Å²) in [6.07, 6.45) is 0. The van der Waals surface area contributed by atoms with Gasteiger partial charge in [0.15, 0.2) is 0 Å². The summed E-state index contributed by atoms with van der Waals surface area (Å²) < 4.78 is 4.50. The third kappa shape index (κ3) is 4.32. The Morgan fingerprint density at radius 1 is 1.64 bits per heavy atom. The van der Waals surface area contributed by atoms with Crippen molar-refractivity contribution in [3.63, 3.8) is 0 Å². The van der Waals surface area contributed by atoms with E-state index in [2.05, 4.69) is 10.1 Å². The van der Waals surface area contributed by atoms with Crippen molar-refractivity contribution in [3.05, 3.63) is 0 Å². The first-order valence-electron chi connectivity index (χ1n) is 3.18. The maximum absolute atomic E-state index is 10.7. The fourth-order valence-electron chi connectivity index (χ4n) is 0.468. The highest BCUT2D eigenvalue weighted by molar-refractivity contribution is 5.81. The Labute approximate surface area is 64.9 Å². The second-order valence-electron chi connectivity index (χ2n) is 2.02. The lowest BCUT2D eigenvalue weighted by molar-refractivity contribution is -0.142. The van der Waals surface area contributed by atoms with E-state index in [1.165, 1.54) is 14.0 Å². The van der Waals surface area contributed by atoms with Gasteiger partial charge in [-0.25, -0.2) is 0 Å². The van der Waals surface area contributed by atoms with Crippen LogP contribution in [-0.4, -0.2) is 31.6 Å². The lowest BCUT2D eigenvalue weighted by Gasteiger charge is -2.08. The number of likely N-dealkylation sites (N-methyl/N-ethyl adjacent to an activating group) is 1. The second kappa shape index (κ2) is 4.68. The fraction of sp³-hybridized carbons (Fsp3) is 0.667. The highest BCUT2D eigenvalue weighted by Gasteiger charge is 2.11. The van der Waals surface area contributed by atoms with Gasteiger partial charge in [-0.1, -0.05) is 0 Å². The Morgan fingerprint density at radius 3 is 2.55 bits per heavy atom. The highest BCUT2D eigenvalue weighted by atomic mass is 16.5. The molecule has 3 N–H and O–H groups in total. The normalized spacial score (nSPS) is 11.9. The number of ether oxygens (including phenoxy) is 1. The van der Waals surface area contributed by atoms with Crippen LogP contribution >= 0.6 is 0 Å². The van der Waals surface area contributed by atoms with Gasteiger partial charge in [0.05, 0.1) is 0 Å². The van der Waals surface area contributed by atoms with Gasteiger partial charge in [-0.05, 0) is 0 Å². The van der Waals surface area contributed by atoms with Crippen LogP contribution in [0, 0.1) is 0 Å². The number of carbonyl (C=O) groups excluding carboxylic acids is 2. The number of nitrogens with two attached hydrogens (primary N) is 1. The molecule has 5 heteroatoms. The number of nitrogens with one attached hydrogen (secondary N) is 1. The van der Waals surface area contributed by atoms with Crippen LogP contribution < -0.4 is 11.1 Å². The van der Waals surface area contributed by atoms with E-state index in [1.807, 2.05) is 0 Å². The van der Waals surface area contributed by atoms with E-state index < -0.39 is 12.0 Å². The standard InChI is InChI=1S/C6H12N2O3/c1-4(9)11-3-5(7)6(10)8-2/h5H,3,7H2,1-2H3,(H,8,10). The molecule has 0 aliphatic carbocycles. The molecule has 1 amide bonds. The number of esters is 1. The molecule has 0 fully saturated rings. The zero-order valence-corrected chi connectivity index (χ0v) is 6.59. The van der Waals surface area contributed by atoms with Gasteiger partial charge in [0, 0.05) is 14.0 Å². The average molecular weight is 160 g/mol. The summed E-state index contributed by atoms with van der Waals surface area (Å²) in [5, 5.41) is 2.33. The molecule has 11 heavy (non-hydrogen) atoms. The van der Waals surface area contributed by atoms with Gasteiger partial charge in [-0.3, -0.25) is 9.59 Å². The minimum Gasteiger partial charge on any atom is -0.464 e. The third-order valence-corrected chi connectivity index (χ3v) is 1.05. The number of amides is 1. The molecule has 0 bridgehead atoms. The average Bonchev–Trinajstić information content (AvgIpc) is 1.98. The van der Waals surface area contributed by atoms with E-state index in [0.29, 0.717) is 0 Å². The van der Waals surface area contributed by atoms with Crippen LogP contribution in [0.4, 0.5) is 0 Å². The molecule has 1 unspecified atom stereocenters. The molecule has 0 aliphatic heterocycles. The summed E-state index contributed by atoms with van der Waals surface area (Å²) in [7, 11) is 1.47. The summed E-state index contributed by atoms with van der Waals surface area (Å²) in [4.78, 5) is 20.9. The Kier molecular flexibility index (Phi) is 4.21. The fourth-order valence-corrected chi connectivity index (χ4v) is 0.468. The molecule has 0 rings (SSSR count). The monoisotopic (exact) mass is 160 g/mol. The lowest BCUT2D eigenvalue weighted by Crippen LogP contribution is -2.42. The zero-order chi connectivity index (χ0) is 8.85. The van der Waals surface area contributed by atoms with Crippen molar-refractivity contribution in [2.24, 2.45) is 5.73 Å². The summed E-state index contributed by atoms with van der Waals surface area (Å²) in [6.45, 7) is 1.19. The van der Waals surface area contributed by atoms with Gasteiger partial charge < -0.3 is 15.8 Å². The van der Waals surface area contributed by atoms with E-state index in [0.717, 1.165) is 0 Å². The van der Waals surface area contributed by atoms with Crippen LogP contribution in [0.25, 0.3) is 0 Å². The van der Waals surface area contributed by atoms with E-state index in [-0.39, 0.29) is 12.5 Å². The van der Waals surface area contributed by atoms with E-state index in [9.17, 15) is 9.59 Å². The molecule has 0 aromatic rings. The van der Waals surface area contributed by atoms with Gasteiger partial charge in [-0.2, -0.15) is 0 Å². The van der Waals surface area contributed by atoms with Gasteiger partial charge >= 0.3 is 5.97 Å². The SMILES string of the molecule is CNC(=O)C(N)COC(C)=O. The zero-order valence-electron chi connectivity index (χ0n) is 6.59. The van der Waals surface area contributed by atoms with Crippen LogP contribution in [-0.2, 0) is 14.3 Å². The van der Waals surface area contributed by atoms with Crippen LogP contribution in [0.2, 0.25) is 0 Å². The molecular weight excluding hydrogens is 148 g/mol. The van der Waals surface area contributed by atoms with Gasteiger partial charge in [0.2, 0.25) is 5.91 Å². The Bertz CT molecular complexity index is 158. The Hall–Kier alpha value is -1.10. The molecule has 0 saturated carbocycles. The summed E-state index contributed by atoms with van der Waals surface area (Å²) in [5.74, 6) is -0.782. The van der Waals surface area contributed by atoms with E-state index >= 15 is 0 Å². The molecule has 0 heterocycles. The number of rotatable bonds is 3. The van der Waals surface area contributed by atoms with Crippen molar-refractivity contribution in [1.29, 1.82) is 0 Å². The number of carbonyl (C=O) groups is 2. The second-order valence-corrected chi connectivity index (χ2v) is 2.02. The largest absolute Gasteiger partial charge is 0.464 e. The van der Waals surface area contributed by atoms with Crippen molar-refractivity contribution < 1.29 is 14.3 Å². The highest BCUT2D eigenvalue weighted by Crippen LogP contribution is 1.82. The van der Waals surface area contributed by atoms with Crippen molar-refractivity contribution in [1.82, 2.24) is 5.32 Å². The first-order valence-corrected chi connectivity index (χ1v) is 3.18. The van der Waals surface area contributed by atoms with Gasteiger partial charge in [-0.15, -0.1) is 0 Å². The molecule has 0 radical (unpaired) electrons. The topological polar surface area (TPSA) is 81.4 Å². The van der Waals surface area contributed by atoms with Crippen LogP contribution in [0.15, 0.2) is 0 Å².